The normalized spacial score (nSPS) is 20.7. The molecule has 1 N–H and O–H groups in total. The maximum atomic E-state index is 14.2. The number of carbonyl (C=O) groups is 1. The van der Waals surface area contributed by atoms with Crippen molar-refractivity contribution in [2.45, 2.75) is 43.9 Å². The largest absolute Gasteiger partial charge is 0.419 e. The number of alkyl halides is 3. The number of likely N-dealkylation sites (N-methyl/N-ethyl adjacent to an activating group) is 1. The van der Waals surface area contributed by atoms with Crippen LogP contribution >= 0.6 is 23.2 Å². The van der Waals surface area contributed by atoms with Gasteiger partial charge in [0.1, 0.15) is 5.82 Å². The van der Waals surface area contributed by atoms with Crippen molar-refractivity contribution in [2.24, 2.45) is 0 Å². The van der Waals surface area contributed by atoms with Crippen molar-refractivity contribution in [1.82, 2.24) is 20.0 Å². The van der Waals surface area contributed by atoms with Gasteiger partial charge in [0.2, 0.25) is 5.91 Å². The van der Waals surface area contributed by atoms with Gasteiger partial charge in [0.05, 0.1) is 15.6 Å². The summed E-state index contributed by atoms with van der Waals surface area (Å²) in [7, 11) is 1.84. The number of piperazine rings is 1. The predicted molar refractivity (Wildman–Crippen MR) is 146 cm³/mol. The van der Waals surface area contributed by atoms with E-state index in [2.05, 4.69) is 10.2 Å². The molecule has 2 aromatic carbocycles. The van der Waals surface area contributed by atoms with Crippen LogP contribution in [0.1, 0.15) is 41.9 Å². The lowest BCUT2D eigenvalue weighted by molar-refractivity contribution is -0.140. The second-order valence-corrected chi connectivity index (χ2v) is 11.2. The molecular formula is C28H34Cl2F4N4O. The van der Waals surface area contributed by atoms with Crippen LogP contribution in [0, 0.1) is 5.82 Å². The monoisotopic (exact) mass is 588 g/mol. The molecule has 4 rings (SSSR count). The number of unbranched alkanes of at least 4 members (excludes halogenated alkanes) is 1. The lowest BCUT2D eigenvalue weighted by atomic mass is 9.93. The topological polar surface area (TPSA) is 38.8 Å². The van der Waals surface area contributed by atoms with Crippen molar-refractivity contribution in [3.05, 3.63) is 69.0 Å². The van der Waals surface area contributed by atoms with Gasteiger partial charge >= 0.3 is 6.18 Å². The van der Waals surface area contributed by atoms with Crippen molar-refractivity contribution in [1.29, 1.82) is 0 Å². The van der Waals surface area contributed by atoms with E-state index in [1.165, 1.54) is 6.07 Å². The smallest absolute Gasteiger partial charge is 0.340 e. The Morgan fingerprint density at radius 3 is 2.46 bits per heavy atom. The molecule has 39 heavy (non-hydrogen) atoms. The number of likely N-dealkylation sites (tertiary alicyclic amines) is 1. The van der Waals surface area contributed by atoms with E-state index in [1.807, 2.05) is 22.9 Å². The fourth-order valence-corrected chi connectivity index (χ4v) is 5.81. The number of nitrogens with zero attached hydrogens (tertiary/aromatic N) is 3. The molecule has 0 bridgehead atoms. The first-order valence-electron chi connectivity index (χ1n) is 13.2. The second-order valence-electron chi connectivity index (χ2n) is 10.4. The van der Waals surface area contributed by atoms with Crippen molar-refractivity contribution >= 4 is 29.1 Å². The van der Waals surface area contributed by atoms with Crippen molar-refractivity contribution in [3.63, 3.8) is 0 Å². The molecule has 2 saturated heterocycles. The van der Waals surface area contributed by atoms with E-state index >= 15 is 0 Å². The van der Waals surface area contributed by atoms with E-state index in [0.717, 1.165) is 63.3 Å². The summed E-state index contributed by atoms with van der Waals surface area (Å²) in [6, 6.07) is 8.28. The van der Waals surface area contributed by atoms with Gasteiger partial charge in [-0.2, -0.15) is 13.2 Å². The van der Waals surface area contributed by atoms with E-state index in [0.29, 0.717) is 35.1 Å². The molecule has 2 aliphatic heterocycles. The average Bonchev–Trinajstić information content (AvgIpc) is 3.34. The predicted octanol–water partition coefficient (Wildman–Crippen LogP) is 5.65. The van der Waals surface area contributed by atoms with Crippen LogP contribution in [0.4, 0.5) is 17.6 Å². The molecule has 2 heterocycles. The molecular weight excluding hydrogens is 555 g/mol. The summed E-state index contributed by atoms with van der Waals surface area (Å²) >= 11 is 12.4. The minimum Gasteiger partial charge on any atom is -0.340 e. The highest BCUT2D eigenvalue weighted by atomic mass is 35.5. The maximum absolute atomic E-state index is 14.2. The van der Waals surface area contributed by atoms with Crippen LogP contribution in [0.15, 0.2) is 36.4 Å². The Balaban J connectivity index is 1.43. The highest BCUT2D eigenvalue weighted by molar-refractivity contribution is 6.42. The lowest BCUT2D eigenvalue weighted by Gasteiger charge is -2.29. The molecule has 0 spiro atoms. The molecule has 0 saturated carbocycles. The van der Waals surface area contributed by atoms with Gasteiger partial charge in [0.15, 0.2) is 0 Å². The number of rotatable bonds is 9. The Morgan fingerprint density at radius 2 is 1.79 bits per heavy atom. The van der Waals surface area contributed by atoms with Crippen LogP contribution < -0.4 is 5.32 Å². The molecule has 2 fully saturated rings. The van der Waals surface area contributed by atoms with Gasteiger partial charge < -0.3 is 15.1 Å². The summed E-state index contributed by atoms with van der Waals surface area (Å²) in [4.78, 5) is 19.4. The first kappa shape index (κ1) is 30.1. The average molecular weight is 590 g/mol. The zero-order valence-electron chi connectivity index (χ0n) is 21.9. The van der Waals surface area contributed by atoms with E-state index in [1.54, 1.807) is 12.1 Å². The van der Waals surface area contributed by atoms with Gasteiger partial charge in [-0.3, -0.25) is 9.69 Å². The summed E-state index contributed by atoms with van der Waals surface area (Å²) in [5, 5.41) is 4.18. The van der Waals surface area contributed by atoms with Gasteiger partial charge in [-0.25, -0.2) is 4.39 Å². The van der Waals surface area contributed by atoms with Crippen LogP contribution in [-0.4, -0.2) is 79.5 Å². The minimum atomic E-state index is -4.75. The van der Waals surface area contributed by atoms with Crippen LogP contribution in [0.25, 0.3) is 0 Å². The molecule has 214 valence electrons. The molecule has 1 unspecified atom stereocenters. The first-order chi connectivity index (χ1) is 18.5. The zero-order chi connectivity index (χ0) is 28.2. The van der Waals surface area contributed by atoms with Gasteiger partial charge in [-0.1, -0.05) is 35.3 Å². The number of carbonyl (C=O) groups excluding carboxylic acids is 1. The third-order valence-corrected chi connectivity index (χ3v) is 8.41. The molecule has 2 aromatic rings. The summed E-state index contributed by atoms with van der Waals surface area (Å²) in [6.07, 6.45) is -2.52. The van der Waals surface area contributed by atoms with Gasteiger partial charge in [0, 0.05) is 64.2 Å². The Hall–Kier alpha value is -1.91. The number of hydrogen-bond acceptors (Lipinski definition) is 4. The Bertz CT molecular complexity index is 1140. The van der Waals surface area contributed by atoms with Crippen LogP contribution in [-0.2, 0) is 17.5 Å². The molecule has 11 heteroatoms. The number of benzene rings is 2. The van der Waals surface area contributed by atoms with E-state index in [9.17, 15) is 22.4 Å². The van der Waals surface area contributed by atoms with Crippen molar-refractivity contribution in [3.8, 4) is 0 Å². The lowest BCUT2D eigenvalue weighted by Crippen LogP contribution is -2.43. The fraction of sp³-hybridized carbons (Fsp3) is 0.536. The molecule has 0 aliphatic carbocycles. The molecule has 2 atom stereocenters. The molecule has 5 nitrogen and oxygen atoms in total. The van der Waals surface area contributed by atoms with Gasteiger partial charge in [-0.05, 0) is 61.8 Å². The molecule has 2 aliphatic rings. The van der Waals surface area contributed by atoms with E-state index in [4.69, 9.17) is 23.2 Å². The SMILES string of the molecule is CN(Cc1ccc(C(F)(F)F)c(F)c1)C1CN(C(=O)CCCCN2CCNCC2)C[C@@H]1c1ccc(Cl)c(Cl)c1. The Kier molecular flexibility index (Phi) is 10.1. The fourth-order valence-electron chi connectivity index (χ4n) is 5.50. The minimum absolute atomic E-state index is 0.0804. The van der Waals surface area contributed by atoms with Gasteiger partial charge in [0.25, 0.3) is 0 Å². The molecule has 0 radical (unpaired) electrons. The zero-order valence-corrected chi connectivity index (χ0v) is 23.4. The Labute approximate surface area is 237 Å². The molecule has 1 amide bonds. The summed E-state index contributed by atoms with van der Waals surface area (Å²) in [5.74, 6) is -1.30. The Morgan fingerprint density at radius 1 is 1.05 bits per heavy atom. The first-order valence-corrected chi connectivity index (χ1v) is 14.0. The van der Waals surface area contributed by atoms with Crippen LogP contribution in [0.2, 0.25) is 10.0 Å². The van der Waals surface area contributed by atoms with E-state index < -0.39 is 17.6 Å². The van der Waals surface area contributed by atoms with Crippen LogP contribution in [0.5, 0.6) is 0 Å². The van der Waals surface area contributed by atoms with Crippen LogP contribution in [0.3, 0.4) is 0 Å². The second kappa shape index (κ2) is 13.2. The number of hydrogen-bond donors (Lipinski definition) is 1. The highest BCUT2D eigenvalue weighted by Gasteiger charge is 2.39. The molecule has 0 aromatic heterocycles. The maximum Gasteiger partial charge on any atom is 0.419 e. The number of halogens is 6. The summed E-state index contributed by atoms with van der Waals surface area (Å²) in [6.45, 7) is 6.21. The standard InChI is InChI=1S/C28H34Cl2F4N4O/c1-36(16-19-5-7-22(25(31)14-19)28(32,33)34)26-18-38(17-21(26)20-6-8-23(29)24(30)15-20)27(39)4-2-3-11-37-12-9-35-10-13-37/h5-8,14-15,21,26,35H,2-4,9-13,16-18H2,1H3/t21-,26?/m1/s1. The highest BCUT2D eigenvalue weighted by Crippen LogP contribution is 2.36. The van der Waals surface area contributed by atoms with Crippen molar-refractivity contribution < 1.29 is 22.4 Å². The third kappa shape index (κ3) is 7.85. The third-order valence-electron chi connectivity index (χ3n) is 7.68. The number of amides is 1. The van der Waals surface area contributed by atoms with Gasteiger partial charge in [-0.15, -0.1) is 0 Å². The summed E-state index contributed by atoms with van der Waals surface area (Å²) in [5.41, 5.74) is 0.0691. The van der Waals surface area contributed by atoms with Crippen molar-refractivity contribution in [2.75, 3.05) is 52.9 Å². The quantitative estimate of drug-likeness (QED) is 0.303. The van der Waals surface area contributed by atoms with E-state index in [-0.39, 0.29) is 24.4 Å². The number of nitrogens with one attached hydrogen (secondary N) is 1. The summed E-state index contributed by atoms with van der Waals surface area (Å²) < 4.78 is 53.2.